The van der Waals surface area contributed by atoms with E-state index in [1.54, 1.807) is 18.3 Å². The standard InChI is InChI=1S/C36H37ClN8O5/c37-27-18-39-31(17-26(27)28-2-1-3-30(42-28)40-21-36(20-38)10-14-50-15-11-36)41-23-8-12-44(13-9-23)19-22-4-5-24-25(16-22)35(49)45(34(24)48)29-6-7-32(46)43-33(29)47/h1-5,16-18,23,29H,6-15,19,21H2,(H,39,41)(H,40,42)(H,43,46,47). The highest BCUT2D eigenvalue weighted by molar-refractivity contribution is 6.33. The molecule has 6 heterocycles. The van der Waals surface area contributed by atoms with Crippen LogP contribution in [0.25, 0.3) is 11.3 Å². The van der Waals surface area contributed by atoms with Crippen LogP contribution in [0.3, 0.4) is 0 Å². The van der Waals surface area contributed by atoms with Crippen molar-refractivity contribution < 1.29 is 23.9 Å². The number of rotatable bonds is 9. The second-order valence-corrected chi connectivity index (χ2v) is 13.7. The number of nitrogens with zero attached hydrogens (tertiary/aromatic N) is 5. The lowest BCUT2D eigenvalue weighted by Gasteiger charge is -2.32. The largest absolute Gasteiger partial charge is 0.381 e. The number of anilines is 2. The predicted molar refractivity (Wildman–Crippen MR) is 184 cm³/mol. The fourth-order valence-corrected chi connectivity index (χ4v) is 7.27. The van der Waals surface area contributed by atoms with Crippen LogP contribution < -0.4 is 16.0 Å². The van der Waals surface area contributed by atoms with Crippen LogP contribution in [-0.2, 0) is 20.9 Å². The maximum Gasteiger partial charge on any atom is 0.262 e. The summed E-state index contributed by atoms with van der Waals surface area (Å²) in [6.45, 7) is 3.90. The summed E-state index contributed by atoms with van der Waals surface area (Å²) in [5.74, 6) is -0.647. The van der Waals surface area contributed by atoms with E-state index in [9.17, 15) is 24.4 Å². The van der Waals surface area contributed by atoms with E-state index in [0.717, 1.165) is 42.0 Å². The van der Waals surface area contributed by atoms with Gasteiger partial charge in [-0.1, -0.05) is 23.7 Å². The van der Waals surface area contributed by atoms with E-state index in [1.807, 2.05) is 30.3 Å². The number of carbonyl (C=O) groups excluding carboxylic acids is 4. The Kier molecular flexibility index (Phi) is 9.50. The molecule has 7 rings (SSSR count). The molecule has 3 aromatic rings. The lowest BCUT2D eigenvalue weighted by Crippen LogP contribution is -2.54. The van der Waals surface area contributed by atoms with Crippen LogP contribution in [0, 0.1) is 16.7 Å². The molecule has 14 heteroatoms. The minimum atomic E-state index is -0.981. The van der Waals surface area contributed by atoms with E-state index in [4.69, 9.17) is 21.3 Å². The zero-order valence-corrected chi connectivity index (χ0v) is 28.2. The molecule has 50 heavy (non-hydrogen) atoms. The first kappa shape index (κ1) is 33.6. The topological polar surface area (TPSA) is 170 Å². The summed E-state index contributed by atoms with van der Waals surface area (Å²) in [7, 11) is 0. The van der Waals surface area contributed by atoms with Crippen LogP contribution in [0.4, 0.5) is 11.6 Å². The number of carbonyl (C=O) groups is 4. The Morgan fingerprint density at radius 3 is 2.52 bits per heavy atom. The van der Waals surface area contributed by atoms with Crippen molar-refractivity contribution in [2.75, 3.05) is 43.5 Å². The molecule has 1 unspecified atom stereocenters. The summed E-state index contributed by atoms with van der Waals surface area (Å²) in [5, 5.41) is 19.4. The zero-order chi connectivity index (χ0) is 34.8. The number of nitrogens with one attached hydrogen (secondary N) is 3. The first-order chi connectivity index (χ1) is 24.2. The van der Waals surface area contributed by atoms with Gasteiger partial charge in [-0.2, -0.15) is 5.26 Å². The van der Waals surface area contributed by atoms with Crippen molar-refractivity contribution in [3.63, 3.8) is 0 Å². The number of hydrogen-bond donors (Lipinski definition) is 3. The highest BCUT2D eigenvalue weighted by Crippen LogP contribution is 2.33. The molecule has 4 aliphatic heterocycles. The first-order valence-corrected chi connectivity index (χ1v) is 17.3. The van der Waals surface area contributed by atoms with E-state index < -0.39 is 35.1 Å². The highest BCUT2D eigenvalue weighted by atomic mass is 35.5. The zero-order valence-electron chi connectivity index (χ0n) is 27.4. The lowest BCUT2D eigenvalue weighted by molar-refractivity contribution is -0.136. The van der Waals surface area contributed by atoms with E-state index in [-0.39, 0.29) is 24.4 Å². The van der Waals surface area contributed by atoms with Gasteiger partial charge in [0.05, 0.1) is 33.3 Å². The normalized spacial score (nSPS) is 21.0. The summed E-state index contributed by atoms with van der Waals surface area (Å²) >= 11 is 6.59. The number of imide groups is 2. The summed E-state index contributed by atoms with van der Waals surface area (Å²) in [6, 6.07) is 14.6. The molecule has 13 nitrogen and oxygen atoms in total. The number of piperidine rings is 2. The fraction of sp³-hybridized carbons (Fsp3) is 0.417. The van der Waals surface area contributed by atoms with Crippen molar-refractivity contribution in [2.24, 2.45) is 5.41 Å². The van der Waals surface area contributed by atoms with Crippen molar-refractivity contribution in [1.29, 1.82) is 5.26 Å². The predicted octanol–water partition coefficient (Wildman–Crippen LogP) is 4.01. The number of aromatic nitrogens is 2. The second-order valence-electron chi connectivity index (χ2n) is 13.3. The average molecular weight is 697 g/mol. The fourth-order valence-electron chi connectivity index (χ4n) is 7.07. The number of pyridine rings is 2. The molecule has 3 N–H and O–H groups in total. The molecule has 0 saturated carbocycles. The number of nitriles is 1. The van der Waals surface area contributed by atoms with Gasteiger partial charge in [-0.25, -0.2) is 9.97 Å². The molecule has 0 spiro atoms. The van der Waals surface area contributed by atoms with Gasteiger partial charge >= 0.3 is 0 Å². The van der Waals surface area contributed by atoms with Crippen LogP contribution in [0.15, 0.2) is 48.7 Å². The number of amides is 4. The van der Waals surface area contributed by atoms with E-state index in [2.05, 4.69) is 31.9 Å². The van der Waals surface area contributed by atoms with Crippen molar-refractivity contribution in [2.45, 2.75) is 57.2 Å². The van der Waals surface area contributed by atoms with Gasteiger partial charge in [0, 0.05) is 63.6 Å². The van der Waals surface area contributed by atoms with Gasteiger partial charge in [-0.3, -0.25) is 34.3 Å². The third kappa shape index (κ3) is 6.92. The van der Waals surface area contributed by atoms with Crippen LogP contribution in [0.5, 0.6) is 0 Å². The molecule has 0 radical (unpaired) electrons. The molecular weight excluding hydrogens is 660 g/mol. The van der Waals surface area contributed by atoms with E-state index in [0.29, 0.717) is 67.1 Å². The smallest absolute Gasteiger partial charge is 0.262 e. The van der Waals surface area contributed by atoms with E-state index >= 15 is 0 Å². The first-order valence-electron chi connectivity index (χ1n) is 16.9. The number of likely N-dealkylation sites (tertiary alicyclic amines) is 1. The Labute approximate surface area is 294 Å². The van der Waals surface area contributed by atoms with Gasteiger partial charge in [0.25, 0.3) is 11.8 Å². The van der Waals surface area contributed by atoms with Gasteiger partial charge in [0.2, 0.25) is 11.8 Å². The lowest BCUT2D eigenvalue weighted by atomic mass is 9.82. The molecule has 0 aliphatic carbocycles. The summed E-state index contributed by atoms with van der Waals surface area (Å²) in [5.41, 5.74) is 2.46. The molecule has 4 aliphatic rings. The maximum atomic E-state index is 13.2. The number of halogens is 1. The molecule has 258 valence electrons. The Bertz CT molecular complexity index is 1880. The van der Waals surface area contributed by atoms with Gasteiger partial charge in [0.15, 0.2) is 0 Å². The molecule has 3 saturated heterocycles. The third-order valence-corrected chi connectivity index (χ3v) is 10.3. The average Bonchev–Trinajstić information content (AvgIpc) is 3.37. The molecule has 0 bridgehead atoms. The minimum absolute atomic E-state index is 0.0837. The Balaban J connectivity index is 0.945. The maximum absolute atomic E-state index is 13.2. The number of ether oxygens (including phenoxy) is 1. The Hall–Kier alpha value is -4.90. The number of fused-ring (bicyclic) bond motifs is 1. The quantitative estimate of drug-likeness (QED) is 0.276. The molecular formula is C36H37ClN8O5. The van der Waals surface area contributed by atoms with Crippen LogP contribution >= 0.6 is 11.6 Å². The van der Waals surface area contributed by atoms with Crippen molar-refractivity contribution in [3.05, 3.63) is 70.4 Å². The molecule has 1 aromatic carbocycles. The van der Waals surface area contributed by atoms with E-state index in [1.165, 1.54) is 0 Å². The monoisotopic (exact) mass is 696 g/mol. The van der Waals surface area contributed by atoms with Crippen molar-refractivity contribution in [3.8, 4) is 17.3 Å². The van der Waals surface area contributed by atoms with Crippen molar-refractivity contribution >= 4 is 46.9 Å². The van der Waals surface area contributed by atoms with Gasteiger partial charge < -0.3 is 15.4 Å². The third-order valence-electron chi connectivity index (χ3n) is 10.0. The van der Waals surface area contributed by atoms with Gasteiger partial charge in [-0.15, -0.1) is 0 Å². The Morgan fingerprint density at radius 2 is 1.76 bits per heavy atom. The SMILES string of the molecule is N#CC1(CNc2cccc(-c3cc(NC4CCN(Cc5ccc6c(c5)C(=O)N(C5CCC(=O)NC5=O)C6=O)CC4)ncc3Cl)n2)CCOCC1. The molecule has 1 atom stereocenters. The molecule has 2 aromatic heterocycles. The number of hydrogen-bond acceptors (Lipinski definition) is 11. The highest BCUT2D eigenvalue weighted by Gasteiger charge is 2.44. The van der Waals surface area contributed by atoms with Crippen LogP contribution in [0.2, 0.25) is 5.02 Å². The molecule has 4 amide bonds. The molecule has 3 fully saturated rings. The van der Waals surface area contributed by atoms with Gasteiger partial charge in [-0.05, 0) is 68.0 Å². The second kappa shape index (κ2) is 14.1. The summed E-state index contributed by atoms with van der Waals surface area (Å²) < 4.78 is 5.45. The summed E-state index contributed by atoms with van der Waals surface area (Å²) in [6.07, 6.45) is 4.95. The van der Waals surface area contributed by atoms with Gasteiger partial charge in [0.1, 0.15) is 17.7 Å². The Morgan fingerprint density at radius 1 is 0.980 bits per heavy atom. The minimum Gasteiger partial charge on any atom is -0.381 e. The van der Waals surface area contributed by atoms with Crippen molar-refractivity contribution in [1.82, 2.24) is 25.1 Å². The van der Waals surface area contributed by atoms with Crippen LogP contribution in [-0.4, -0.2) is 88.3 Å². The van der Waals surface area contributed by atoms with Crippen LogP contribution in [0.1, 0.15) is 64.8 Å². The number of benzene rings is 1. The summed E-state index contributed by atoms with van der Waals surface area (Å²) in [4.78, 5) is 62.9.